The Hall–Kier alpha value is -2.48. The minimum atomic E-state index is -0.879. The maximum Gasteiger partial charge on any atom is 0.217 e. The number of aliphatic hydroxyl groups excluding tert-OH is 1. The average molecular weight is 444 g/mol. The number of benzene rings is 2. The summed E-state index contributed by atoms with van der Waals surface area (Å²) in [5.41, 5.74) is 9.99. The van der Waals surface area contributed by atoms with Crippen LogP contribution in [0, 0.1) is 5.82 Å². The van der Waals surface area contributed by atoms with E-state index in [1.807, 2.05) is 13.8 Å². The average Bonchev–Trinajstić information content (AvgIpc) is 2.72. The summed E-state index contributed by atoms with van der Waals surface area (Å²) in [6.45, 7) is 5.62. The molecule has 7 heteroatoms. The van der Waals surface area contributed by atoms with Crippen molar-refractivity contribution in [3.63, 3.8) is 0 Å². The van der Waals surface area contributed by atoms with Gasteiger partial charge in [-0.15, -0.1) is 0 Å². The maximum atomic E-state index is 13.7. The van der Waals surface area contributed by atoms with Gasteiger partial charge in [0, 0.05) is 25.0 Å². The van der Waals surface area contributed by atoms with Gasteiger partial charge in [-0.3, -0.25) is 4.79 Å². The molecule has 2 aromatic rings. The van der Waals surface area contributed by atoms with Crippen LogP contribution >= 0.6 is 0 Å². The van der Waals surface area contributed by atoms with Crippen molar-refractivity contribution in [1.82, 2.24) is 10.6 Å². The van der Waals surface area contributed by atoms with E-state index in [-0.39, 0.29) is 24.9 Å². The van der Waals surface area contributed by atoms with Crippen molar-refractivity contribution in [2.24, 2.45) is 5.73 Å². The zero-order valence-electron chi connectivity index (χ0n) is 19.0. The highest BCUT2D eigenvalue weighted by molar-refractivity contribution is 5.73. The van der Waals surface area contributed by atoms with Crippen LogP contribution in [0.4, 0.5) is 4.39 Å². The number of rotatable bonds is 8. The summed E-state index contributed by atoms with van der Waals surface area (Å²) < 4.78 is 13.7. The number of hydrogen-bond acceptors (Lipinski definition) is 5. The van der Waals surface area contributed by atoms with Crippen molar-refractivity contribution < 1.29 is 19.4 Å². The van der Waals surface area contributed by atoms with Crippen LogP contribution in [0.3, 0.4) is 0 Å². The molecule has 0 heterocycles. The normalized spacial score (nSPS) is 18.0. The van der Waals surface area contributed by atoms with Gasteiger partial charge in [0.1, 0.15) is 0 Å². The fraction of sp³-hybridized carbons (Fsp3) is 0.480. The molecule has 6 nitrogen and oxygen atoms in total. The Balaban J connectivity index is 1.71. The summed E-state index contributed by atoms with van der Waals surface area (Å²) in [6, 6.07) is 9.95. The quantitative estimate of drug-likeness (QED) is 0.431. The SMILES string of the molecule is CC(=O)NC(Cc1ccc(O)c(F)c1)C(O)CNC1CCCc2ccc(C(C)(C)N)cc21. The predicted molar refractivity (Wildman–Crippen MR) is 123 cm³/mol. The third-order valence-corrected chi connectivity index (χ3v) is 6.10. The third-order valence-electron chi connectivity index (χ3n) is 6.10. The topological polar surface area (TPSA) is 108 Å². The van der Waals surface area contributed by atoms with E-state index in [1.54, 1.807) is 6.07 Å². The molecule has 0 bridgehead atoms. The Morgan fingerprint density at radius 2 is 2.03 bits per heavy atom. The summed E-state index contributed by atoms with van der Waals surface area (Å²) in [6.07, 6.45) is 2.38. The van der Waals surface area contributed by atoms with Gasteiger partial charge in [-0.2, -0.15) is 0 Å². The lowest BCUT2D eigenvalue weighted by atomic mass is 9.83. The van der Waals surface area contributed by atoms with E-state index < -0.39 is 29.3 Å². The van der Waals surface area contributed by atoms with Crippen molar-refractivity contribution in [2.45, 2.75) is 70.2 Å². The van der Waals surface area contributed by atoms with E-state index >= 15 is 0 Å². The first-order valence-electron chi connectivity index (χ1n) is 11.1. The first-order chi connectivity index (χ1) is 15.0. The fourth-order valence-corrected chi connectivity index (χ4v) is 4.29. The molecular weight excluding hydrogens is 409 g/mol. The molecule has 3 atom stereocenters. The van der Waals surface area contributed by atoms with Gasteiger partial charge in [0.05, 0.1) is 12.1 Å². The first kappa shape index (κ1) is 24.2. The molecule has 174 valence electrons. The van der Waals surface area contributed by atoms with Crippen LogP contribution in [0.5, 0.6) is 5.75 Å². The molecule has 32 heavy (non-hydrogen) atoms. The van der Waals surface area contributed by atoms with Gasteiger partial charge in [-0.25, -0.2) is 4.39 Å². The molecule has 0 spiro atoms. The summed E-state index contributed by atoms with van der Waals surface area (Å²) in [5, 5.41) is 26.5. The number of aryl methyl sites for hydroxylation is 1. The highest BCUT2D eigenvalue weighted by Crippen LogP contribution is 2.32. The van der Waals surface area contributed by atoms with Crippen molar-refractivity contribution in [3.8, 4) is 5.75 Å². The summed E-state index contributed by atoms with van der Waals surface area (Å²) in [7, 11) is 0. The predicted octanol–water partition coefficient (Wildman–Crippen LogP) is 2.80. The number of amides is 1. The lowest BCUT2D eigenvalue weighted by Gasteiger charge is -2.31. The number of nitrogens with two attached hydrogens (primary N) is 1. The summed E-state index contributed by atoms with van der Waals surface area (Å²) >= 11 is 0. The molecule has 1 aliphatic rings. The first-order valence-corrected chi connectivity index (χ1v) is 11.1. The van der Waals surface area contributed by atoms with Crippen LogP contribution in [-0.4, -0.2) is 34.8 Å². The zero-order valence-corrected chi connectivity index (χ0v) is 19.0. The van der Waals surface area contributed by atoms with Gasteiger partial charge in [-0.05, 0) is 73.9 Å². The molecule has 1 amide bonds. The lowest BCUT2D eigenvalue weighted by molar-refractivity contribution is -0.120. The van der Waals surface area contributed by atoms with Gasteiger partial charge in [0.15, 0.2) is 11.6 Å². The molecular formula is C25H34FN3O3. The van der Waals surface area contributed by atoms with Crippen LogP contribution in [0.15, 0.2) is 36.4 Å². The van der Waals surface area contributed by atoms with Crippen LogP contribution in [0.1, 0.15) is 61.9 Å². The van der Waals surface area contributed by atoms with E-state index in [0.29, 0.717) is 5.56 Å². The smallest absolute Gasteiger partial charge is 0.217 e. The van der Waals surface area contributed by atoms with Crippen LogP contribution in [-0.2, 0) is 23.2 Å². The molecule has 0 saturated carbocycles. The number of nitrogens with one attached hydrogen (secondary N) is 2. The molecule has 3 rings (SSSR count). The number of phenols is 1. The Morgan fingerprint density at radius 1 is 1.28 bits per heavy atom. The highest BCUT2D eigenvalue weighted by atomic mass is 19.1. The summed E-state index contributed by atoms with van der Waals surface area (Å²) in [4.78, 5) is 11.7. The van der Waals surface area contributed by atoms with Crippen LogP contribution < -0.4 is 16.4 Å². The Morgan fingerprint density at radius 3 is 2.69 bits per heavy atom. The zero-order chi connectivity index (χ0) is 23.5. The molecule has 0 saturated heterocycles. The minimum Gasteiger partial charge on any atom is -0.505 e. The largest absolute Gasteiger partial charge is 0.505 e. The van der Waals surface area contributed by atoms with Gasteiger partial charge in [-0.1, -0.05) is 24.3 Å². The lowest BCUT2D eigenvalue weighted by Crippen LogP contribution is -2.48. The fourth-order valence-electron chi connectivity index (χ4n) is 4.29. The monoisotopic (exact) mass is 443 g/mol. The number of carbonyl (C=O) groups excluding carboxylic acids is 1. The molecule has 0 aliphatic heterocycles. The Kier molecular flexibility index (Phi) is 7.54. The molecule has 2 aromatic carbocycles. The van der Waals surface area contributed by atoms with E-state index in [4.69, 9.17) is 5.73 Å². The molecule has 6 N–H and O–H groups in total. The summed E-state index contributed by atoms with van der Waals surface area (Å²) in [5.74, 6) is -1.43. The van der Waals surface area contributed by atoms with Gasteiger partial charge in [0.2, 0.25) is 5.91 Å². The van der Waals surface area contributed by atoms with E-state index in [2.05, 4.69) is 28.8 Å². The van der Waals surface area contributed by atoms with E-state index in [0.717, 1.165) is 24.8 Å². The molecule has 0 radical (unpaired) electrons. The van der Waals surface area contributed by atoms with Gasteiger partial charge in [0.25, 0.3) is 0 Å². The maximum absolute atomic E-state index is 13.7. The second-order valence-electron chi connectivity index (χ2n) is 9.35. The van der Waals surface area contributed by atoms with Crippen molar-refractivity contribution in [2.75, 3.05) is 6.54 Å². The second kappa shape index (κ2) is 9.98. The van der Waals surface area contributed by atoms with Gasteiger partial charge < -0.3 is 26.6 Å². The van der Waals surface area contributed by atoms with E-state index in [1.165, 1.54) is 30.2 Å². The van der Waals surface area contributed by atoms with Gasteiger partial charge >= 0.3 is 0 Å². The number of phenolic OH excluding ortho intramolecular Hbond substituents is 1. The highest BCUT2D eigenvalue weighted by Gasteiger charge is 2.26. The Bertz CT molecular complexity index is 958. The molecule has 0 aromatic heterocycles. The number of carbonyl (C=O) groups is 1. The Labute approximate surface area is 189 Å². The third kappa shape index (κ3) is 6.06. The van der Waals surface area contributed by atoms with E-state index in [9.17, 15) is 19.4 Å². The van der Waals surface area contributed by atoms with Crippen LogP contribution in [0.2, 0.25) is 0 Å². The second-order valence-corrected chi connectivity index (χ2v) is 9.35. The standard InChI is InChI=1S/C25H34FN3O3/c1-15(30)29-22(12-16-7-10-23(31)20(26)11-16)24(32)14-28-21-6-4-5-17-8-9-18(13-19(17)21)25(2,3)27/h7-11,13,21-22,24,28,31-32H,4-6,12,14,27H2,1-3H3,(H,29,30). The minimum absolute atomic E-state index is 0.0831. The number of aromatic hydroxyl groups is 1. The van der Waals surface area contributed by atoms with Crippen LogP contribution in [0.25, 0.3) is 0 Å². The van der Waals surface area contributed by atoms with Crippen molar-refractivity contribution in [1.29, 1.82) is 0 Å². The molecule has 0 fully saturated rings. The number of halogens is 1. The van der Waals surface area contributed by atoms with Crippen molar-refractivity contribution >= 4 is 5.91 Å². The number of fused-ring (bicyclic) bond motifs is 1. The molecule has 3 unspecified atom stereocenters. The van der Waals surface area contributed by atoms with Crippen molar-refractivity contribution in [3.05, 3.63) is 64.5 Å². The molecule has 1 aliphatic carbocycles. The number of hydrogen-bond donors (Lipinski definition) is 5. The number of aliphatic hydroxyl groups is 1.